The molecule has 4 heteroatoms. The molecule has 18 heavy (non-hydrogen) atoms. The van der Waals surface area contributed by atoms with Crippen molar-refractivity contribution in [3.05, 3.63) is 24.0 Å². The van der Waals surface area contributed by atoms with Gasteiger partial charge in [-0.25, -0.2) is 4.39 Å². The van der Waals surface area contributed by atoms with E-state index in [0.29, 0.717) is 23.8 Å². The minimum Gasteiger partial charge on any atom is -0.505 e. The number of ether oxygens (including phenoxy) is 1. The van der Waals surface area contributed by atoms with Crippen molar-refractivity contribution in [2.45, 2.75) is 32.4 Å². The summed E-state index contributed by atoms with van der Waals surface area (Å²) >= 11 is 0. The van der Waals surface area contributed by atoms with Crippen molar-refractivity contribution in [1.29, 1.82) is 0 Å². The summed E-state index contributed by atoms with van der Waals surface area (Å²) in [5.41, 5.74) is 0.781. The molecule has 3 rings (SSSR count). The van der Waals surface area contributed by atoms with Crippen LogP contribution in [0.5, 0.6) is 5.75 Å². The molecule has 1 aromatic rings. The second kappa shape index (κ2) is 3.85. The average molecular weight is 251 g/mol. The maximum atomic E-state index is 13.3. The Kier molecular flexibility index (Phi) is 2.52. The first kappa shape index (κ1) is 11.8. The summed E-state index contributed by atoms with van der Waals surface area (Å²) in [7, 11) is 0. The highest BCUT2D eigenvalue weighted by Crippen LogP contribution is 2.53. The molecular weight excluding hydrogens is 233 g/mol. The molecule has 1 saturated heterocycles. The van der Waals surface area contributed by atoms with Crippen molar-refractivity contribution >= 4 is 5.69 Å². The van der Waals surface area contributed by atoms with Crippen LogP contribution < -0.4 is 5.32 Å². The summed E-state index contributed by atoms with van der Waals surface area (Å²) in [6.07, 6.45) is 1.38. The maximum absolute atomic E-state index is 13.3. The lowest BCUT2D eigenvalue weighted by atomic mass is 9.57. The van der Waals surface area contributed by atoms with Gasteiger partial charge < -0.3 is 15.2 Å². The van der Waals surface area contributed by atoms with Crippen LogP contribution in [0.2, 0.25) is 0 Å². The minimum absolute atomic E-state index is 0.0650. The van der Waals surface area contributed by atoms with Crippen LogP contribution in [0.3, 0.4) is 0 Å². The summed E-state index contributed by atoms with van der Waals surface area (Å²) in [6.45, 7) is 5.17. The van der Waals surface area contributed by atoms with Gasteiger partial charge in [0.15, 0.2) is 11.6 Å². The van der Waals surface area contributed by atoms with E-state index < -0.39 is 5.82 Å². The van der Waals surface area contributed by atoms with Crippen molar-refractivity contribution < 1.29 is 14.2 Å². The van der Waals surface area contributed by atoms with Gasteiger partial charge in [0.2, 0.25) is 0 Å². The van der Waals surface area contributed by atoms with Gasteiger partial charge in [-0.3, -0.25) is 0 Å². The Balaban J connectivity index is 1.78. The molecule has 1 aliphatic carbocycles. The van der Waals surface area contributed by atoms with Crippen molar-refractivity contribution in [2.24, 2.45) is 11.3 Å². The van der Waals surface area contributed by atoms with Crippen LogP contribution in [-0.4, -0.2) is 23.9 Å². The Morgan fingerprint density at radius 2 is 2.22 bits per heavy atom. The number of phenolic OH excluding ortho intramolecular Hbond substituents is 1. The largest absolute Gasteiger partial charge is 0.505 e. The van der Waals surface area contributed by atoms with Gasteiger partial charge in [-0.15, -0.1) is 0 Å². The monoisotopic (exact) mass is 251 g/mol. The molecular formula is C14H18FNO2. The first-order chi connectivity index (χ1) is 8.50. The van der Waals surface area contributed by atoms with Gasteiger partial charge in [-0.05, 0) is 18.6 Å². The SMILES string of the molecule is CC1(C)C(Nc2ccc(O)c(F)c2)C2CCOC21. The predicted octanol–water partition coefficient (Wildman–Crippen LogP) is 2.76. The molecule has 3 unspecified atom stereocenters. The number of nitrogens with one attached hydrogen (secondary N) is 1. The molecule has 98 valence electrons. The first-order valence-electron chi connectivity index (χ1n) is 6.37. The molecule has 1 saturated carbocycles. The second-order valence-electron chi connectivity index (χ2n) is 5.85. The van der Waals surface area contributed by atoms with Crippen LogP contribution in [0.15, 0.2) is 18.2 Å². The van der Waals surface area contributed by atoms with E-state index in [1.54, 1.807) is 6.07 Å². The molecule has 0 spiro atoms. The molecule has 2 N–H and O–H groups in total. The van der Waals surface area contributed by atoms with E-state index in [1.807, 2.05) is 0 Å². The fraction of sp³-hybridized carbons (Fsp3) is 0.571. The van der Waals surface area contributed by atoms with Gasteiger partial charge in [-0.2, -0.15) is 0 Å². The molecule has 1 aliphatic heterocycles. The van der Waals surface area contributed by atoms with E-state index in [2.05, 4.69) is 19.2 Å². The summed E-state index contributed by atoms with van der Waals surface area (Å²) in [5.74, 6) is -0.385. The van der Waals surface area contributed by atoms with Gasteiger partial charge in [0.25, 0.3) is 0 Å². The van der Waals surface area contributed by atoms with E-state index in [4.69, 9.17) is 4.74 Å². The number of fused-ring (bicyclic) bond motifs is 1. The number of hydrogen-bond acceptors (Lipinski definition) is 3. The Bertz CT molecular complexity index is 475. The molecule has 0 bridgehead atoms. The topological polar surface area (TPSA) is 41.5 Å². The van der Waals surface area contributed by atoms with Crippen LogP contribution in [0.25, 0.3) is 0 Å². The van der Waals surface area contributed by atoms with Crippen LogP contribution in [-0.2, 0) is 4.74 Å². The fourth-order valence-corrected chi connectivity index (χ4v) is 3.39. The van der Waals surface area contributed by atoms with E-state index in [-0.39, 0.29) is 11.2 Å². The van der Waals surface area contributed by atoms with Crippen LogP contribution in [0, 0.1) is 17.2 Å². The maximum Gasteiger partial charge on any atom is 0.166 e. The predicted molar refractivity (Wildman–Crippen MR) is 67.1 cm³/mol. The standard InChI is InChI=1S/C14H18FNO2/c1-14(2)12(9-5-6-18-13(9)14)16-8-3-4-11(17)10(15)7-8/h3-4,7,9,12-13,16-17H,5-6H2,1-2H3. The van der Waals surface area contributed by atoms with E-state index in [0.717, 1.165) is 13.0 Å². The van der Waals surface area contributed by atoms with Crippen LogP contribution in [0.4, 0.5) is 10.1 Å². The molecule has 0 radical (unpaired) electrons. The van der Waals surface area contributed by atoms with Gasteiger partial charge in [0, 0.05) is 35.7 Å². The molecule has 2 aliphatic rings. The third-order valence-corrected chi connectivity index (χ3v) is 4.37. The Labute approximate surface area is 106 Å². The third-order valence-electron chi connectivity index (χ3n) is 4.37. The zero-order valence-electron chi connectivity index (χ0n) is 10.6. The third kappa shape index (κ3) is 1.59. The quantitative estimate of drug-likeness (QED) is 0.794. The van der Waals surface area contributed by atoms with Crippen molar-refractivity contribution in [1.82, 2.24) is 0 Å². The average Bonchev–Trinajstić information content (AvgIpc) is 2.77. The number of benzene rings is 1. The summed E-state index contributed by atoms with van der Waals surface area (Å²) in [6, 6.07) is 4.73. The fourth-order valence-electron chi connectivity index (χ4n) is 3.39. The van der Waals surface area contributed by atoms with Gasteiger partial charge in [0.1, 0.15) is 0 Å². The molecule has 1 aromatic carbocycles. The summed E-state index contributed by atoms with van der Waals surface area (Å²) in [4.78, 5) is 0. The highest BCUT2D eigenvalue weighted by molar-refractivity contribution is 5.49. The number of aromatic hydroxyl groups is 1. The van der Waals surface area contributed by atoms with Crippen LogP contribution in [0.1, 0.15) is 20.3 Å². The number of hydrogen-bond donors (Lipinski definition) is 2. The van der Waals surface area contributed by atoms with Crippen molar-refractivity contribution in [2.75, 3.05) is 11.9 Å². The molecule has 3 nitrogen and oxygen atoms in total. The van der Waals surface area contributed by atoms with E-state index in [9.17, 15) is 9.50 Å². The number of rotatable bonds is 2. The Morgan fingerprint density at radius 3 is 2.94 bits per heavy atom. The lowest BCUT2D eigenvalue weighted by Crippen LogP contribution is -2.63. The zero-order chi connectivity index (χ0) is 12.9. The summed E-state index contributed by atoms with van der Waals surface area (Å²) < 4.78 is 19.0. The van der Waals surface area contributed by atoms with Gasteiger partial charge in [-0.1, -0.05) is 13.8 Å². The molecule has 0 aromatic heterocycles. The number of halogens is 1. The van der Waals surface area contributed by atoms with Crippen LogP contribution >= 0.6 is 0 Å². The van der Waals surface area contributed by atoms with Gasteiger partial charge >= 0.3 is 0 Å². The number of phenols is 1. The lowest BCUT2D eigenvalue weighted by Gasteiger charge is -2.55. The zero-order valence-corrected chi connectivity index (χ0v) is 10.6. The highest BCUT2D eigenvalue weighted by Gasteiger charge is 2.59. The highest BCUT2D eigenvalue weighted by atomic mass is 19.1. The van der Waals surface area contributed by atoms with Crippen molar-refractivity contribution in [3.63, 3.8) is 0 Å². The second-order valence-corrected chi connectivity index (χ2v) is 5.85. The first-order valence-corrected chi connectivity index (χ1v) is 6.37. The van der Waals surface area contributed by atoms with Gasteiger partial charge in [0.05, 0.1) is 6.10 Å². The minimum atomic E-state index is -0.587. The lowest BCUT2D eigenvalue weighted by molar-refractivity contribution is -0.0923. The molecule has 1 heterocycles. The van der Waals surface area contributed by atoms with E-state index in [1.165, 1.54) is 12.1 Å². The Hall–Kier alpha value is -1.29. The number of anilines is 1. The molecule has 2 fully saturated rings. The van der Waals surface area contributed by atoms with Crippen molar-refractivity contribution in [3.8, 4) is 5.75 Å². The van der Waals surface area contributed by atoms with E-state index >= 15 is 0 Å². The molecule has 0 amide bonds. The molecule has 3 atom stereocenters. The summed E-state index contributed by atoms with van der Waals surface area (Å²) in [5, 5.41) is 12.6. The Morgan fingerprint density at radius 1 is 1.44 bits per heavy atom. The smallest absolute Gasteiger partial charge is 0.166 e. The normalized spacial score (nSPS) is 32.7.